The summed E-state index contributed by atoms with van der Waals surface area (Å²) in [4.78, 5) is 22.1. The number of ketones is 1. The Morgan fingerprint density at radius 1 is 0.926 bits per heavy atom. The third-order valence-corrected chi connectivity index (χ3v) is 4.04. The summed E-state index contributed by atoms with van der Waals surface area (Å²) in [6.07, 6.45) is 20.1. The largest absolute Gasteiger partial charge is 0.389 e. The predicted molar refractivity (Wildman–Crippen MR) is 113 cm³/mol. The van der Waals surface area contributed by atoms with Crippen LogP contribution in [-0.4, -0.2) is 29.2 Å². The molecule has 0 aromatic rings. The van der Waals surface area contributed by atoms with Gasteiger partial charge in [0.1, 0.15) is 12.7 Å². The van der Waals surface area contributed by atoms with Crippen LogP contribution in [0, 0.1) is 0 Å². The zero-order valence-corrected chi connectivity index (χ0v) is 18.0. The minimum Gasteiger partial charge on any atom is -0.389 e. The lowest BCUT2D eigenvalue weighted by molar-refractivity contribution is -0.357. The van der Waals surface area contributed by atoms with Gasteiger partial charge in [-0.3, -0.25) is 4.79 Å². The van der Waals surface area contributed by atoms with Gasteiger partial charge >= 0.3 is 0 Å². The Balaban J connectivity index is 4.03. The lowest BCUT2D eigenvalue weighted by Gasteiger charge is -2.20. The Bertz CT molecular complexity index is 407. The van der Waals surface area contributed by atoms with Crippen molar-refractivity contribution in [2.75, 3.05) is 6.61 Å². The van der Waals surface area contributed by atoms with Gasteiger partial charge in [-0.1, -0.05) is 63.3 Å². The molecule has 158 valence electrons. The van der Waals surface area contributed by atoms with Gasteiger partial charge in [0.15, 0.2) is 5.78 Å². The number of aliphatic hydroxyl groups is 1. The molecule has 0 radical (unpaired) electrons. The zero-order valence-electron chi connectivity index (χ0n) is 18.0. The van der Waals surface area contributed by atoms with E-state index in [2.05, 4.69) is 31.2 Å². The monoisotopic (exact) mass is 382 g/mol. The van der Waals surface area contributed by atoms with Crippen LogP contribution in [0.25, 0.3) is 0 Å². The molecule has 0 spiro atoms. The number of Topliss-reactive ketones (excluding diaryl/α,β-unsaturated/α-hetero) is 1. The standard InChI is InChI=1S/C23H42O4/c1-5-6-7-11-15-18-22(26-27-23(2,3)4)19-16-13-10-8-9-12-14-17-21(25)20-24/h15-16,18-19,22,24H,5-14,17,20H2,1-4H3/b18-15-,19-16-. The molecule has 4 nitrogen and oxygen atoms in total. The summed E-state index contributed by atoms with van der Waals surface area (Å²) in [5.74, 6) is -0.0517. The normalized spacial score (nSPS) is 13.7. The summed E-state index contributed by atoms with van der Waals surface area (Å²) in [5, 5.41) is 8.67. The number of hydrogen-bond acceptors (Lipinski definition) is 4. The van der Waals surface area contributed by atoms with E-state index in [0.29, 0.717) is 6.42 Å². The van der Waals surface area contributed by atoms with E-state index in [0.717, 1.165) is 44.9 Å². The second-order valence-corrected chi connectivity index (χ2v) is 8.11. The van der Waals surface area contributed by atoms with Crippen molar-refractivity contribution >= 4 is 5.78 Å². The molecular weight excluding hydrogens is 340 g/mol. The maximum atomic E-state index is 11.0. The molecule has 0 aliphatic heterocycles. The van der Waals surface area contributed by atoms with Gasteiger partial charge in [0.05, 0.1) is 5.60 Å². The molecule has 1 atom stereocenters. The highest BCUT2D eigenvalue weighted by Gasteiger charge is 2.13. The van der Waals surface area contributed by atoms with Crippen molar-refractivity contribution < 1.29 is 19.7 Å². The molecule has 0 fully saturated rings. The van der Waals surface area contributed by atoms with Crippen LogP contribution in [0.15, 0.2) is 24.3 Å². The molecule has 0 bridgehead atoms. The highest BCUT2D eigenvalue weighted by Crippen LogP contribution is 2.13. The summed E-state index contributed by atoms with van der Waals surface area (Å²) in [5.41, 5.74) is -0.320. The summed E-state index contributed by atoms with van der Waals surface area (Å²) < 4.78 is 0. The number of rotatable bonds is 17. The van der Waals surface area contributed by atoms with E-state index in [1.165, 1.54) is 19.3 Å². The molecule has 0 aliphatic rings. The number of aliphatic hydroxyl groups excluding tert-OH is 1. The molecule has 1 unspecified atom stereocenters. The van der Waals surface area contributed by atoms with Crippen LogP contribution < -0.4 is 0 Å². The summed E-state index contributed by atoms with van der Waals surface area (Å²) >= 11 is 0. The lowest BCUT2D eigenvalue weighted by Crippen LogP contribution is -2.22. The smallest absolute Gasteiger partial charge is 0.158 e. The van der Waals surface area contributed by atoms with E-state index in [9.17, 15) is 4.79 Å². The molecule has 27 heavy (non-hydrogen) atoms. The van der Waals surface area contributed by atoms with E-state index in [1.807, 2.05) is 20.8 Å². The first-order valence-corrected chi connectivity index (χ1v) is 10.7. The Labute approximate surface area is 167 Å². The average Bonchev–Trinajstić information content (AvgIpc) is 2.62. The predicted octanol–water partition coefficient (Wildman–Crippen LogP) is 6.09. The second kappa shape index (κ2) is 17.2. The lowest BCUT2D eigenvalue weighted by atomic mass is 10.1. The molecule has 0 aromatic carbocycles. The van der Waals surface area contributed by atoms with Gasteiger partial charge in [-0.05, 0) is 52.9 Å². The summed E-state index contributed by atoms with van der Waals surface area (Å²) in [7, 11) is 0. The van der Waals surface area contributed by atoms with Crippen molar-refractivity contribution in [3.05, 3.63) is 24.3 Å². The van der Waals surface area contributed by atoms with Crippen LogP contribution in [0.3, 0.4) is 0 Å². The van der Waals surface area contributed by atoms with Gasteiger partial charge in [-0.15, -0.1) is 0 Å². The molecule has 0 saturated heterocycles. The summed E-state index contributed by atoms with van der Waals surface area (Å²) in [6, 6.07) is 0. The first kappa shape index (κ1) is 26.0. The van der Waals surface area contributed by atoms with Gasteiger partial charge in [0.25, 0.3) is 0 Å². The molecule has 4 heteroatoms. The van der Waals surface area contributed by atoms with Crippen molar-refractivity contribution in [1.29, 1.82) is 0 Å². The molecule has 0 amide bonds. The van der Waals surface area contributed by atoms with E-state index in [1.54, 1.807) is 0 Å². The van der Waals surface area contributed by atoms with Gasteiger partial charge in [-0.25, -0.2) is 9.78 Å². The van der Waals surface area contributed by atoms with E-state index in [4.69, 9.17) is 14.9 Å². The van der Waals surface area contributed by atoms with Crippen molar-refractivity contribution in [3.63, 3.8) is 0 Å². The zero-order chi connectivity index (χ0) is 20.4. The highest BCUT2D eigenvalue weighted by atomic mass is 17.2. The highest BCUT2D eigenvalue weighted by molar-refractivity contribution is 5.79. The summed E-state index contributed by atoms with van der Waals surface area (Å²) in [6.45, 7) is 7.83. The Morgan fingerprint density at radius 2 is 1.48 bits per heavy atom. The Kier molecular flexibility index (Phi) is 16.5. The first-order valence-electron chi connectivity index (χ1n) is 10.7. The third-order valence-electron chi connectivity index (χ3n) is 4.04. The van der Waals surface area contributed by atoms with Crippen LogP contribution in [0.4, 0.5) is 0 Å². The van der Waals surface area contributed by atoms with Crippen molar-refractivity contribution in [2.45, 2.75) is 110 Å². The molecular formula is C23H42O4. The van der Waals surface area contributed by atoms with Crippen LogP contribution in [0.1, 0.15) is 98.3 Å². The van der Waals surface area contributed by atoms with Crippen LogP contribution >= 0.6 is 0 Å². The maximum absolute atomic E-state index is 11.0. The van der Waals surface area contributed by atoms with Crippen molar-refractivity contribution in [1.82, 2.24) is 0 Å². The van der Waals surface area contributed by atoms with Gasteiger partial charge in [-0.2, -0.15) is 0 Å². The molecule has 0 heterocycles. The fraction of sp³-hybridized carbons (Fsp3) is 0.783. The second-order valence-electron chi connectivity index (χ2n) is 8.11. The van der Waals surface area contributed by atoms with Crippen molar-refractivity contribution in [2.24, 2.45) is 0 Å². The molecule has 0 aromatic heterocycles. The van der Waals surface area contributed by atoms with E-state index >= 15 is 0 Å². The topological polar surface area (TPSA) is 55.8 Å². The SMILES string of the molecule is CCCCC/C=C\C(/C=C\CCCCCCCC(=O)CO)OOC(C)(C)C. The Morgan fingerprint density at radius 3 is 2.04 bits per heavy atom. The minimum atomic E-state index is -0.320. The molecule has 0 aliphatic carbocycles. The van der Waals surface area contributed by atoms with Gasteiger partial charge in [0.2, 0.25) is 0 Å². The fourth-order valence-corrected chi connectivity index (χ4v) is 2.49. The fourth-order valence-electron chi connectivity index (χ4n) is 2.49. The van der Waals surface area contributed by atoms with Gasteiger partial charge < -0.3 is 5.11 Å². The Hall–Kier alpha value is -0.970. The average molecular weight is 383 g/mol. The number of hydrogen-bond donors (Lipinski definition) is 1. The quantitative estimate of drug-likeness (QED) is 0.143. The number of unbranched alkanes of at least 4 members (excludes halogenated alkanes) is 8. The van der Waals surface area contributed by atoms with E-state index in [-0.39, 0.29) is 24.1 Å². The van der Waals surface area contributed by atoms with Crippen molar-refractivity contribution in [3.8, 4) is 0 Å². The number of carbonyl (C=O) groups is 1. The number of allylic oxidation sites excluding steroid dienone is 2. The first-order chi connectivity index (χ1) is 12.9. The van der Waals surface area contributed by atoms with E-state index < -0.39 is 0 Å². The van der Waals surface area contributed by atoms with Crippen LogP contribution in [0.2, 0.25) is 0 Å². The number of carbonyl (C=O) groups excluding carboxylic acids is 1. The van der Waals surface area contributed by atoms with Gasteiger partial charge in [0, 0.05) is 6.42 Å². The maximum Gasteiger partial charge on any atom is 0.158 e. The third kappa shape index (κ3) is 19.6. The molecule has 1 N–H and O–H groups in total. The van der Waals surface area contributed by atoms with Crippen LogP contribution in [-0.2, 0) is 14.6 Å². The van der Waals surface area contributed by atoms with Crippen LogP contribution in [0.5, 0.6) is 0 Å². The minimum absolute atomic E-state index is 0.0517. The molecule has 0 saturated carbocycles. The molecule has 0 rings (SSSR count).